The Morgan fingerprint density at radius 2 is 1.68 bits per heavy atom. The van der Waals surface area contributed by atoms with Crippen molar-refractivity contribution < 1.29 is 28.5 Å². The molecule has 6 nitrogen and oxygen atoms in total. The van der Waals surface area contributed by atoms with Gasteiger partial charge in [-0.1, -0.05) is 19.9 Å². The number of hydrogen-bond donors (Lipinski definition) is 0. The lowest BCUT2D eigenvalue weighted by Crippen LogP contribution is -2.20. The van der Waals surface area contributed by atoms with Crippen molar-refractivity contribution in [2.45, 2.75) is 26.7 Å². The largest absolute Gasteiger partial charge is 0.493 e. The van der Waals surface area contributed by atoms with Crippen molar-refractivity contribution >= 4 is 17.8 Å². The van der Waals surface area contributed by atoms with E-state index in [2.05, 4.69) is 0 Å². The zero-order valence-electron chi connectivity index (χ0n) is 15.3. The molecule has 0 unspecified atom stereocenters. The SMILES string of the molecule is CCCOCC(=O)C(=Cc1ccc(OC)c(OC)c1)C(=O)OCCC. The number of benzene rings is 1. The lowest BCUT2D eigenvalue weighted by molar-refractivity contribution is -0.141. The normalized spacial score (nSPS) is 11.1. The van der Waals surface area contributed by atoms with E-state index in [0.717, 1.165) is 6.42 Å². The van der Waals surface area contributed by atoms with Gasteiger partial charge in [0.1, 0.15) is 12.2 Å². The minimum absolute atomic E-state index is 0.0447. The molecular weight excluding hydrogens is 324 g/mol. The highest BCUT2D eigenvalue weighted by Crippen LogP contribution is 2.28. The third-order valence-electron chi connectivity index (χ3n) is 3.26. The second-order valence-electron chi connectivity index (χ2n) is 5.28. The molecule has 0 amide bonds. The molecule has 0 saturated carbocycles. The van der Waals surface area contributed by atoms with Gasteiger partial charge in [-0.05, 0) is 36.6 Å². The number of carbonyl (C=O) groups excluding carboxylic acids is 2. The molecule has 0 aliphatic carbocycles. The van der Waals surface area contributed by atoms with Crippen LogP contribution >= 0.6 is 0 Å². The maximum atomic E-state index is 12.4. The molecule has 0 heterocycles. The number of ether oxygens (including phenoxy) is 4. The molecule has 0 aromatic heterocycles. The first-order valence-electron chi connectivity index (χ1n) is 8.29. The van der Waals surface area contributed by atoms with Gasteiger partial charge in [-0.2, -0.15) is 0 Å². The van der Waals surface area contributed by atoms with Gasteiger partial charge in [0.25, 0.3) is 0 Å². The van der Waals surface area contributed by atoms with Crippen LogP contribution in [0.1, 0.15) is 32.3 Å². The van der Waals surface area contributed by atoms with Gasteiger partial charge in [0.15, 0.2) is 17.3 Å². The lowest BCUT2D eigenvalue weighted by Gasteiger charge is -2.10. The van der Waals surface area contributed by atoms with Crippen LogP contribution in [0.5, 0.6) is 11.5 Å². The van der Waals surface area contributed by atoms with E-state index < -0.39 is 11.8 Å². The summed E-state index contributed by atoms with van der Waals surface area (Å²) in [6, 6.07) is 5.12. The van der Waals surface area contributed by atoms with Gasteiger partial charge in [-0.25, -0.2) is 4.79 Å². The summed E-state index contributed by atoms with van der Waals surface area (Å²) in [6.45, 7) is 4.39. The van der Waals surface area contributed by atoms with E-state index in [1.807, 2.05) is 13.8 Å². The lowest BCUT2D eigenvalue weighted by atomic mass is 10.1. The third-order valence-corrected chi connectivity index (χ3v) is 3.26. The van der Waals surface area contributed by atoms with E-state index in [0.29, 0.717) is 30.1 Å². The van der Waals surface area contributed by atoms with Crippen molar-refractivity contribution in [3.8, 4) is 11.5 Å². The van der Waals surface area contributed by atoms with Crippen LogP contribution in [0, 0.1) is 0 Å². The van der Waals surface area contributed by atoms with Crippen LogP contribution in [0.3, 0.4) is 0 Å². The Morgan fingerprint density at radius 1 is 1.00 bits per heavy atom. The first kappa shape index (κ1) is 20.7. The number of rotatable bonds is 11. The Balaban J connectivity index is 3.10. The summed E-state index contributed by atoms with van der Waals surface area (Å²) in [5.74, 6) is 0.00523. The molecule has 1 aromatic carbocycles. The van der Waals surface area contributed by atoms with Crippen molar-refractivity contribution in [2.24, 2.45) is 0 Å². The van der Waals surface area contributed by atoms with Crippen LogP contribution in [0.4, 0.5) is 0 Å². The van der Waals surface area contributed by atoms with Crippen LogP contribution in [0.15, 0.2) is 23.8 Å². The fourth-order valence-electron chi connectivity index (χ4n) is 2.02. The monoisotopic (exact) mass is 350 g/mol. The van der Waals surface area contributed by atoms with E-state index >= 15 is 0 Å². The van der Waals surface area contributed by atoms with Gasteiger partial charge in [0.2, 0.25) is 0 Å². The van der Waals surface area contributed by atoms with E-state index in [9.17, 15) is 9.59 Å². The highest BCUT2D eigenvalue weighted by atomic mass is 16.5. The average molecular weight is 350 g/mol. The zero-order valence-corrected chi connectivity index (χ0v) is 15.3. The predicted octanol–water partition coefficient (Wildman–Crippen LogP) is 3.04. The van der Waals surface area contributed by atoms with Crippen LogP contribution in [0.2, 0.25) is 0 Å². The quantitative estimate of drug-likeness (QED) is 0.201. The predicted molar refractivity (Wildman–Crippen MR) is 94.9 cm³/mol. The fraction of sp³-hybridized carbons (Fsp3) is 0.474. The highest BCUT2D eigenvalue weighted by Gasteiger charge is 2.20. The summed E-state index contributed by atoms with van der Waals surface area (Å²) in [6.07, 6.45) is 2.95. The fourth-order valence-corrected chi connectivity index (χ4v) is 2.02. The first-order valence-corrected chi connectivity index (χ1v) is 8.29. The van der Waals surface area contributed by atoms with Crippen molar-refractivity contribution in [1.82, 2.24) is 0 Å². The second-order valence-corrected chi connectivity index (χ2v) is 5.28. The number of Topliss-reactive ketones (excluding diaryl/α,β-unsaturated/α-hetero) is 1. The average Bonchev–Trinajstić information content (AvgIpc) is 2.63. The Morgan fingerprint density at radius 3 is 2.28 bits per heavy atom. The standard InChI is InChI=1S/C19H26O6/c1-5-9-24-13-16(20)15(19(21)25-10-6-2)11-14-7-8-17(22-3)18(12-14)23-4/h7-8,11-12H,5-6,9-10,13H2,1-4H3. The van der Waals surface area contributed by atoms with Gasteiger partial charge < -0.3 is 18.9 Å². The third kappa shape index (κ3) is 6.58. The van der Waals surface area contributed by atoms with E-state index in [4.69, 9.17) is 18.9 Å². The summed E-state index contributed by atoms with van der Waals surface area (Å²) >= 11 is 0. The highest BCUT2D eigenvalue weighted by molar-refractivity contribution is 6.21. The number of ketones is 1. The first-order chi connectivity index (χ1) is 12.1. The molecule has 0 saturated heterocycles. The molecule has 25 heavy (non-hydrogen) atoms. The number of esters is 1. The molecule has 0 atom stereocenters. The van der Waals surface area contributed by atoms with Crippen LogP contribution < -0.4 is 9.47 Å². The van der Waals surface area contributed by atoms with Crippen LogP contribution in [-0.4, -0.2) is 45.8 Å². The van der Waals surface area contributed by atoms with Gasteiger partial charge >= 0.3 is 5.97 Å². The van der Waals surface area contributed by atoms with E-state index in [1.54, 1.807) is 18.2 Å². The van der Waals surface area contributed by atoms with Gasteiger partial charge in [0, 0.05) is 6.61 Å². The molecule has 138 valence electrons. The summed E-state index contributed by atoms with van der Waals surface area (Å²) in [4.78, 5) is 24.6. The molecule has 0 N–H and O–H groups in total. The Bertz CT molecular complexity index is 606. The van der Waals surface area contributed by atoms with Crippen molar-refractivity contribution in [2.75, 3.05) is 34.0 Å². The molecule has 1 rings (SSSR count). The maximum absolute atomic E-state index is 12.4. The summed E-state index contributed by atoms with van der Waals surface area (Å²) in [5.41, 5.74) is 0.585. The molecule has 0 fully saturated rings. The molecule has 0 aliphatic rings. The Hall–Kier alpha value is -2.34. The zero-order chi connectivity index (χ0) is 18.7. The van der Waals surface area contributed by atoms with Crippen molar-refractivity contribution in [1.29, 1.82) is 0 Å². The van der Waals surface area contributed by atoms with E-state index in [1.165, 1.54) is 20.3 Å². The summed E-state index contributed by atoms with van der Waals surface area (Å²) < 4.78 is 20.8. The number of carbonyl (C=O) groups is 2. The van der Waals surface area contributed by atoms with Crippen molar-refractivity contribution in [3.05, 3.63) is 29.3 Å². The molecule has 0 aliphatic heterocycles. The van der Waals surface area contributed by atoms with Crippen LogP contribution in [-0.2, 0) is 19.1 Å². The molecular formula is C19H26O6. The Kier molecular flexibility index (Phi) is 9.32. The van der Waals surface area contributed by atoms with E-state index in [-0.39, 0.29) is 18.8 Å². The summed E-state index contributed by atoms with van der Waals surface area (Å²) in [5, 5.41) is 0. The maximum Gasteiger partial charge on any atom is 0.341 e. The second kappa shape index (κ2) is 11.3. The molecule has 0 radical (unpaired) electrons. The van der Waals surface area contributed by atoms with Crippen LogP contribution in [0.25, 0.3) is 6.08 Å². The molecule has 0 spiro atoms. The van der Waals surface area contributed by atoms with Crippen molar-refractivity contribution in [3.63, 3.8) is 0 Å². The summed E-state index contributed by atoms with van der Waals surface area (Å²) in [7, 11) is 3.06. The molecule has 6 heteroatoms. The molecule has 0 bridgehead atoms. The Labute approximate surface area is 148 Å². The molecule has 1 aromatic rings. The van der Waals surface area contributed by atoms with Gasteiger partial charge in [0.05, 0.1) is 20.8 Å². The smallest absolute Gasteiger partial charge is 0.341 e. The minimum Gasteiger partial charge on any atom is -0.493 e. The topological polar surface area (TPSA) is 71.1 Å². The van der Waals surface area contributed by atoms with Gasteiger partial charge in [-0.15, -0.1) is 0 Å². The minimum atomic E-state index is -0.651. The van der Waals surface area contributed by atoms with Gasteiger partial charge in [-0.3, -0.25) is 4.79 Å². The number of methoxy groups -OCH3 is 2. The number of hydrogen-bond acceptors (Lipinski definition) is 6.